The van der Waals surface area contributed by atoms with Gasteiger partial charge in [0.1, 0.15) is 0 Å². The molecule has 0 bridgehead atoms. The lowest BCUT2D eigenvalue weighted by Gasteiger charge is -2.52. The lowest BCUT2D eigenvalue weighted by atomic mass is 9.66. The molecule has 2 nitrogen and oxygen atoms in total. The summed E-state index contributed by atoms with van der Waals surface area (Å²) in [7, 11) is 0. The fourth-order valence-corrected chi connectivity index (χ4v) is 2.70. The maximum atomic E-state index is 5.39. The van der Waals surface area contributed by atoms with E-state index in [1.165, 1.54) is 25.8 Å². The number of rotatable bonds is 2. The summed E-state index contributed by atoms with van der Waals surface area (Å²) in [6.45, 7) is 7.90. The van der Waals surface area contributed by atoms with E-state index in [4.69, 9.17) is 4.74 Å². The van der Waals surface area contributed by atoms with Crippen LogP contribution in [0.2, 0.25) is 0 Å². The fraction of sp³-hybridized carbons (Fsp3) is 1.00. The monoisotopic (exact) mass is 183 g/mol. The van der Waals surface area contributed by atoms with E-state index in [-0.39, 0.29) is 0 Å². The highest BCUT2D eigenvalue weighted by atomic mass is 16.5. The molecule has 0 aromatic rings. The SMILES string of the molecule is CCC1(C)CNC1C1CCOCC1. The Morgan fingerprint density at radius 3 is 2.54 bits per heavy atom. The topological polar surface area (TPSA) is 21.3 Å². The van der Waals surface area contributed by atoms with Gasteiger partial charge in [0.15, 0.2) is 0 Å². The third-order valence-electron chi connectivity index (χ3n) is 4.02. The van der Waals surface area contributed by atoms with Crippen molar-refractivity contribution in [3.8, 4) is 0 Å². The highest BCUT2D eigenvalue weighted by Crippen LogP contribution is 2.39. The van der Waals surface area contributed by atoms with Gasteiger partial charge in [-0.1, -0.05) is 13.8 Å². The van der Waals surface area contributed by atoms with Crippen LogP contribution in [0, 0.1) is 11.3 Å². The van der Waals surface area contributed by atoms with Crippen LogP contribution >= 0.6 is 0 Å². The van der Waals surface area contributed by atoms with Crippen LogP contribution in [0.15, 0.2) is 0 Å². The molecule has 2 rings (SSSR count). The Hall–Kier alpha value is -0.0800. The van der Waals surface area contributed by atoms with Crippen LogP contribution in [0.3, 0.4) is 0 Å². The molecule has 76 valence electrons. The van der Waals surface area contributed by atoms with Crippen molar-refractivity contribution in [3.05, 3.63) is 0 Å². The van der Waals surface area contributed by atoms with Crippen LogP contribution < -0.4 is 5.32 Å². The first-order valence-electron chi connectivity index (χ1n) is 5.57. The minimum atomic E-state index is 0.571. The molecule has 0 aromatic carbocycles. The standard InChI is InChI=1S/C11H21NO/c1-3-11(2)8-12-10(11)9-4-6-13-7-5-9/h9-10,12H,3-8H2,1-2H3. The summed E-state index contributed by atoms with van der Waals surface area (Å²) in [5.74, 6) is 0.868. The van der Waals surface area contributed by atoms with E-state index in [2.05, 4.69) is 19.2 Å². The number of hydrogen-bond donors (Lipinski definition) is 1. The average molecular weight is 183 g/mol. The second-order valence-corrected chi connectivity index (χ2v) is 4.82. The average Bonchev–Trinajstić information content (AvgIpc) is 2.17. The summed E-state index contributed by atoms with van der Waals surface area (Å²) >= 11 is 0. The number of hydrogen-bond acceptors (Lipinski definition) is 2. The summed E-state index contributed by atoms with van der Waals surface area (Å²) in [6, 6.07) is 0.765. The van der Waals surface area contributed by atoms with Gasteiger partial charge in [-0.2, -0.15) is 0 Å². The molecule has 0 aliphatic carbocycles. The Kier molecular flexibility index (Phi) is 2.61. The van der Waals surface area contributed by atoms with E-state index in [0.29, 0.717) is 5.41 Å². The minimum Gasteiger partial charge on any atom is -0.381 e. The predicted octanol–water partition coefficient (Wildman–Crippen LogP) is 1.80. The molecule has 2 unspecified atom stereocenters. The largest absolute Gasteiger partial charge is 0.381 e. The van der Waals surface area contributed by atoms with Crippen LogP contribution in [0.1, 0.15) is 33.1 Å². The van der Waals surface area contributed by atoms with Crippen molar-refractivity contribution in [3.63, 3.8) is 0 Å². The Balaban J connectivity index is 1.92. The van der Waals surface area contributed by atoms with Gasteiger partial charge >= 0.3 is 0 Å². The zero-order chi connectivity index (χ0) is 9.31. The summed E-state index contributed by atoms with van der Waals surface area (Å²) in [6.07, 6.45) is 3.82. The molecular weight excluding hydrogens is 162 g/mol. The van der Waals surface area contributed by atoms with E-state index in [1.54, 1.807) is 0 Å². The highest BCUT2D eigenvalue weighted by Gasteiger charge is 2.45. The van der Waals surface area contributed by atoms with Gasteiger partial charge in [0.05, 0.1) is 0 Å². The minimum absolute atomic E-state index is 0.571. The first kappa shape index (κ1) is 9.47. The van der Waals surface area contributed by atoms with E-state index in [9.17, 15) is 0 Å². The molecule has 1 N–H and O–H groups in total. The van der Waals surface area contributed by atoms with Gasteiger partial charge in [0, 0.05) is 25.8 Å². The molecule has 2 atom stereocenters. The summed E-state index contributed by atoms with van der Waals surface area (Å²) in [4.78, 5) is 0. The second-order valence-electron chi connectivity index (χ2n) is 4.82. The smallest absolute Gasteiger partial charge is 0.0469 e. The highest BCUT2D eigenvalue weighted by molar-refractivity contribution is 5.01. The van der Waals surface area contributed by atoms with Crippen molar-refractivity contribution in [2.45, 2.75) is 39.2 Å². The van der Waals surface area contributed by atoms with E-state index >= 15 is 0 Å². The molecule has 2 saturated heterocycles. The first-order chi connectivity index (χ1) is 6.26. The van der Waals surface area contributed by atoms with Gasteiger partial charge in [0.2, 0.25) is 0 Å². The van der Waals surface area contributed by atoms with Crippen molar-refractivity contribution in [2.24, 2.45) is 11.3 Å². The Morgan fingerprint density at radius 1 is 1.38 bits per heavy atom. The Morgan fingerprint density at radius 2 is 2.08 bits per heavy atom. The lowest BCUT2D eigenvalue weighted by Crippen LogP contribution is -2.64. The van der Waals surface area contributed by atoms with Crippen LogP contribution in [0.4, 0.5) is 0 Å². The predicted molar refractivity (Wildman–Crippen MR) is 53.7 cm³/mol. The first-order valence-corrected chi connectivity index (χ1v) is 5.57. The lowest BCUT2D eigenvalue weighted by molar-refractivity contribution is -0.0105. The maximum Gasteiger partial charge on any atom is 0.0469 e. The van der Waals surface area contributed by atoms with E-state index in [0.717, 1.165) is 25.2 Å². The van der Waals surface area contributed by atoms with Gasteiger partial charge < -0.3 is 10.1 Å². The summed E-state index contributed by atoms with van der Waals surface area (Å²) < 4.78 is 5.39. The van der Waals surface area contributed by atoms with Gasteiger partial charge in [-0.3, -0.25) is 0 Å². The second kappa shape index (κ2) is 3.58. The zero-order valence-electron chi connectivity index (χ0n) is 8.81. The molecule has 2 heterocycles. The molecule has 2 aliphatic heterocycles. The molecule has 0 radical (unpaired) electrons. The molecular formula is C11H21NO. The Labute approximate surface area is 81.0 Å². The van der Waals surface area contributed by atoms with Gasteiger partial charge in [-0.25, -0.2) is 0 Å². The van der Waals surface area contributed by atoms with E-state index < -0.39 is 0 Å². The molecule has 0 aromatic heterocycles. The van der Waals surface area contributed by atoms with Crippen LogP contribution in [-0.4, -0.2) is 25.8 Å². The van der Waals surface area contributed by atoms with Gasteiger partial charge in [-0.05, 0) is 30.6 Å². The Bertz CT molecular complexity index is 173. The fourth-order valence-electron chi connectivity index (χ4n) is 2.70. The molecule has 0 spiro atoms. The quantitative estimate of drug-likeness (QED) is 0.705. The number of nitrogens with one attached hydrogen (secondary N) is 1. The summed E-state index contributed by atoms with van der Waals surface area (Å²) in [5, 5.41) is 3.60. The molecule has 0 saturated carbocycles. The van der Waals surface area contributed by atoms with Crippen LogP contribution in [-0.2, 0) is 4.74 Å². The van der Waals surface area contributed by atoms with Crippen molar-refractivity contribution >= 4 is 0 Å². The number of ether oxygens (including phenoxy) is 1. The van der Waals surface area contributed by atoms with Crippen LogP contribution in [0.25, 0.3) is 0 Å². The van der Waals surface area contributed by atoms with E-state index in [1.807, 2.05) is 0 Å². The third kappa shape index (κ3) is 1.62. The molecule has 2 aliphatic rings. The van der Waals surface area contributed by atoms with Gasteiger partial charge in [-0.15, -0.1) is 0 Å². The molecule has 2 fully saturated rings. The molecule has 13 heavy (non-hydrogen) atoms. The van der Waals surface area contributed by atoms with Crippen molar-refractivity contribution in [2.75, 3.05) is 19.8 Å². The van der Waals surface area contributed by atoms with Gasteiger partial charge in [0.25, 0.3) is 0 Å². The van der Waals surface area contributed by atoms with Crippen molar-refractivity contribution in [1.29, 1.82) is 0 Å². The third-order valence-corrected chi connectivity index (χ3v) is 4.02. The van der Waals surface area contributed by atoms with Crippen molar-refractivity contribution in [1.82, 2.24) is 5.32 Å². The molecule has 0 amide bonds. The summed E-state index contributed by atoms with van der Waals surface area (Å²) in [5.41, 5.74) is 0.571. The van der Waals surface area contributed by atoms with Crippen LogP contribution in [0.5, 0.6) is 0 Å². The normalized spacial score (nSPS) is 41.5. The molecule has 2 heteroatoms. The maximum absolute atomic E-state index is 5.39. The zero-order valence-corrected chi connectivity index (χ0v) is 8.81. The van der Waals surface area contributed by atoms with Crippen molar-refractivity contribution < 1.29 is 4.74 Å².